The molecule has 3 N–H and O–H groups in total. The van der Waals surface area contributed by atoms with Gasteiger partial charge in [-0.3, -0.25) is 9.59 Å². The Morgan fingerprint density at radius 2 is 1.92 bits per heavy atom. The molecule has 3 rings (SSSR count). The van der Waals surface area contributed by atoms with Crippen LogP contribution in [0.5, 0.6) is 0 Å². The van der Waals surface area contributed by atoms with Crippen LogP contribution in [0, 0.1) is 0 Å². The van der Waals surface area contributed by atoms with Crippen LogP contribution in [0.25, 0.3) is 0 Å². The first kappa shape index (κ1) is 19.0. The van der Waals surface area contributed by atoms with E-state index < -0.39 is 5.92 Å². The summed E-state index contributed by atoms with van der Waals surface area (Å²) in [6.45, 7) is 0.964. The lowest BCUT2D eigenvalue weighted by Gasteiger charge is -2.18. The maximum absolute atomic E-state index is 12.6. The van der Waals surface area contributed by atoms with Gasteiger partial charge in [0.1, 0.15) is 0 Å². The van der Waals surface area contributed by atoms with Gasteiger partial charge in [0.2, 0.25) is 11.8 Å². The fraction of sp³-hybridized carbons (Fsp3) is 0.263. The predicted molar refractivity (Wildman–Crippen MR) is 102 cm³/mol. The molecule has 5 nitrogen and oxygen atoms in total. The third kappa shape index (κ3) is 4.38. The van der Waals surface area contributed by atoms with E-state index in [2.05, 4.69) is 5.32 Å². The Morgan fingerprint density at radius 1 is 1.16 bits per heavy atom. The van der Waals surface area contributed by atoms with Gasteiger partial charge < -0.3 is 16.0 Å². The van der Waals surface area contributed by atoms with E-state index in [1.165, 1.54) is 0 Å². The van der Waals surface area contributed by atoms with Crippen LogP contribution in [0.2, 0.25) is 0 Å². The minimum absolute atomic E-state index is 0. The molecule has 1 aliphatic rings. The van der Waals surface area contributed by atoms with Crippen molar-refractivity contribution in [1.82, 2.24) is 0 Å². The fourth-order valence-corrected chi connectivity index (χ4v) is 2.98. The number of amides is 2. The zero-order chi connectivity index (χ0) is 16.9. The highest BCUT2D eigenvalue weighted by Crippen LogP contribution is 2.25. The number of halogens is 1. The van der Waals surface area contributed by atoms with E-state index in [9.17, 15) is 9.59 Å². The first-order chi connectivity index (χ1) is 11.7. The zero-order valence-electron chi connectivity index (χ0n) is 13.9. The van der Waals surface area contributed by atoms with E-state index >= 15 is 0 Å². The van der Waals surface area contributed by atoms with Gasteiger partial charge in [0, 0.05) is 30.9 Å². The molecule has 2 amide bonds. The Kier molecular flexibility index (Phi) is 6.56. The lowest BCUT2D eigenvalue weighted by atomic mass is 9.98. The fourth-order valence-electron chi connectivity index (χ4n) is 2.98. The zero-order valence-corrected chi connectivity index (χ0v) is 14.7. The molecule has 132 valence electrons. The highest BCUT2D eigenvalue weighted by atomic mass is 35.5. The Balaban J connectivity index is 0.00000225. The largest absolute Gasteiger partial charge is 0.329 e. The molecular weight excluding hydrogens is 338 g/mol. The van der Waals surface area contributed by atoms with Gasteiger partial charge in [-0.1, -0.05) is 36.4 Å². The van der Waals surface area contributed by atoms with Gasteiger partial charge in [0.05, 0.1) is 5.92 Å². The van der Waals surface area contributed by atoms with E-state index in [0.717, 1.165) is 24.2 Å². The van der Waals surface area contributed by atoms with Crippen molar-refractivity contribution in [1.29, 1.82) is 0 Å². The molecule has 2 aromatic carbocycles. The van der Waals surface area contributed by atoms with Crippen LogP contribution in [0.15, 0.2) is 54.6 Å². The van der Waals surface area contributed by atoms with Gasteiger partial charge in [-0.2, -0.15) is 0 Å². The van der Waals surface area contributed by atoms with Crippen molar-refractivity contribution in [2.45, 2.75) is 18.8 Å². The van der Waals surface area contributed by atoms with Crippen LogP contribution >= 0.6 is 12.4 Å². The summed E-state index contributed by atoms with van der Waals surface area (Å²) >= 11 is 0. The third-order valence-corrected chi connectivity index (χ3v) is 4.25. The third-order valence-electron chi connectivity index (χ3n) is 4.25. The number of anilines is 2. The normalized spacial score (nSPS) is 14.8. The standard InChI is InChI=1S/C19H21N3O2.ClH/c20-13-17(14-6-2-1-3-7-14)19(24)21-15-8-4-9-16(12-15)22-11-5-10-18(22)23;/h1-4,6-9,12,17H,5,10-11,13,20H2,(H,21,24);1H. The minimum Gasteiger partial charge on any atom is -0.329 e. The van der Waals surface area contributed by atoms with Crippen LogP contribution in [-0.4, -0.2) is 24.9 Å². The number of hydrogen-bond acceptors (Lipinski definition) is 3. The van der Waals surface area contributed by atoms with Gasteiger partial charge in [-0.25, -0.2) is 0 Å². The quantitative estimate of drug-likeness (QED) is 0.861. The summed E-state index contributed by atoms with van der Waals surface area (Å²) in [6, 6.07) is 16.9. The van der Waals surface area contributed by atoms with E-state index in [1.807, 2.05) is 54.6 Å². The first-order valence-corrected chi connectivity index (χ1v) is 8.15. The number of nitrogens with two attached hydrogens (primary N) is 1. The molecule has 2 aromatic rings. The van der Waals surface area contributed by atoms with Crippen molar-refractivity contribution in [2.24, 2.45) is 5.73 Å². The predicted octanol–water partition coefficient (Wildman–Crippen LogP) is 2.92. The van der Waals surface area contributed by atoms with E-state index in [-0.39, 0.29) is 30.8 Å². The SMILES string of the molecule is Cl.NCC(C(=O)Nc1cccc(N2CCCC2=O)c1)c1ccccc1. The summed E-state index contributed by atoms with van der Waals surface area (Å²) < 4.78 is 0. The molecule has 1 unspecified atom stereocenters. The van der Waals surface area contributed by atoms with Crippen molar-refractivity contribution in [3.8, 4) is 0 Å². The van der Waals surface area contributed by atoms with Gasteiger partial charge in [0.25, 0.3) is 0 Å². The van der Waals surface area contributed by atoms with E-state index in [4.69, 9.17) is 5.73 Å². The molecule has 0 aromatic heterocycles. The summed E-state index contributed by atoms with van der Waals surface area (Å²) in [5.41, 5.74) is 8.18. The number of rotatable bonds is 5. The molecule has 1 aliphatic heterocycles. The first-order valence-electron chi connectivity index (χ1n) is 8.15. The maximum atomic E-state index is 12.6. The molecule has 6 heteroatoms. The molecule has 1 heterocycles. The molecule has 25 heavy (non-hydrogen) atoms. The summed E-state index contributed by atoms with van der Waals surface area (Å²) in [6.07, 6.45) is 1.46. The number of nitrogens with zero attached hydrogens (tertiary/aromatic N) is 1. The summed E-state index contributed by atoms with van der Waals surface area (Å²) in [4.78, 5) is 26.2. The molecule has 1 saturated heterocycles. The Bertz CT molecular complexity index is 736. The smallest absolute Gasteiger partial charge is 0.233 e. The average molecular weight is 360 g/mol. The number of carbonyl (C=O) groups is 2. The Labute approximate surface area is 153 Å². The highest BCUT2D eigenvalue weighted by Gasteiger charge is 2.23. The monoisotopic (exact) mass is 359 g/mol. The number of nitrogens with one attached hydrogen (secondary N) is 1. The van der Waals surface area contributed by atoms with Crippen molar-refractivity contribution in [3.63, 3.8) is 0 Å². The molecular formula is C19H22ClN3O2. The second-order valence-corrected chi connectivity index (χ2v) is 5.89. The van der Waals surface area contributed by atoms with Gasteiger partial charge >= 0.3 is 0 Å². The second kappa shape index (κ2) is 8.65. The van der Waals surface area contributed by atoms with Crippen LogP contribution in [0.4, 0.5) is 11.4 Å². The molecule has 0 bridgehead atoms. The minimum atomic E-state index is -0.400. The molecule has 0 aliphatic carbocycles. The second-order valence-electron chi connectivity index (χ2n) is 5.89. The van der Waals surface area contributed by atoms with Crippen molar-refractivity contribution >= 4 is 35.6 Å². The topological polar surface area (TPSA) is 75.4 Å². The van der Waals surface area contributed by atoms with Gasteiger partial charge in [-0.05, 0) is 30.2 Å². The Morgan fingerprint density at radius 3 is 2.56 bits per heavy atom. The molecule has 1 fully saturated rings. The van der Waals surface area contributed by atoms with Crippen LogP contribution in [0.3, 0.4) is 0 Å². The van der Waals surface area contributed by atoms with Gasteiger partial charge in [-0.15, -0.1) is 12.4 Å². The van der Waals surface area contributed by atoms with E-state index in [0.29, 0.717) is 12.1 Å². The number of benzene rings is 2. The van der Waals surface area contributed by atoms with Crippen LogP contribution < -0.4 is 16.0 Å². The summed E-state index contributed by atoms with van der Waals surface area (Å²) in [5, 5.41) is 2.91. The maximum Gasteiger partial charge on any atom is 0.233 e. The lowest BCUT2D eigenvalue weighted by molar-refractivity contribution is -0.118. The number of hydrogen-bond donors (Lipinski definition) is 2. The van der Waals surface area contributed by atoms with E-state index in [1.54, 1.807) is 4.90 Å². The lowest BCUT2D eigenvalue weighted by Crippen LogP contribution is -2.27. The summed E-state index contributed by atoms with van der Waals surface area (Å²) in [7, 11) is 0. The van der Waals surface area contributed by atoms with Crippen molar-refractivity contribution in [3.05, 3.63) is 60.2 Å². The van der Waals surface area contributed by atoms with Crippen LogP contribution in [0.1, 0.15) is 24.3 Å². The molecule has 1 atom stereocenters. The van der Waals surface area contributed by atoms with Crippen molar-refractivity contribution in [2.75, 3.05) is 23.3 Å². The molecule has 0 radical (unpaired) electrons. The van der Waals surface area contributed by atoms with Gasteiger partial charge in [0.15, 0.2) is 0 Å². The molecule has 0 saturated carbocycles. The van der Waals surface area contributed by atoms with Crippen LogP contribution in [-0.2, 0) is 9.59 Å². The van der Waals surface area contributed by atoms with Crippen molar-refractivity contribution < 1.29 is 9.59 Å². The number of carbonyl (C=O) groups excluding carboxylic acids is 2. The Hall–Kier alpha value is -2.37. The highest BCUT2D eigenvalue weighted by molar-refractivity contribution is 5.98. The average Bonchev–Trinajstić information content (AvgIpc) is 3.03. The molecule has 0 spiro atoms. The summed E-state index contributed by atoms with van der Waals surface area (Å²) in [5.74, 6) is -0.417.